The van der Waals surface area contributed by atoms with Gasteiger partial charge >= 0.3 is 12.1 Å². The number of aliphatic carboxylic acids is 1. The van der Waals surface area contributed by atoms with Crippen molar-refractivity contribution in [3.05, 3.63) is 119 Å². The SMILES string of the molecule is CC(C)(C)Sc1c(CC(C)(C)C(=O)O)n(Cc2ccc(-c3cccc(CC(F)(F)F)n3)cc2)c2ccc(OCc3ccc4cc(F)ccc4n3)cc12. The van der Waals surface area contributed by atoms with Gasteiger partial charge in [-0.25, -0.2) is 9.37 Å². The van der Waals surface area contributed by atoms with Gasteiger partial charge in [-0.1, -0.05) is 57.2 Å². The second-order valence-electron chi connectivity index (χ2n) is 14.6. The molecular weight excluding hydrogens is 691 g/mol. The molecule has 3 aromatic carbocycles. The Labute approximate surface area is 303 Å². The molecule has 11 heteroatoms. The highest BCUT2D eigenvalue weighted by molar-refractivity contribution is 8.00. The molecule has 0 amide bonds. The number of carboxylic acid groups (broad SMARTS) is 1. The summed E-state index contributed by atoms with van der Waals surface area (Å²) in [7, 11) is 0. The van der Waals surface area contributed by atoms with Gasteiger partial charge in [0.15, 0.2) is 0 Å². The van der Waals surface area contributed by atoms with Gasteiger partial charge < -0.3 is 14.4 Å². The highest BCUT2D eigenvalue weighted by Gasteiger charge is 2.33. The van der Waals surface area contributed by atoms with Gasteiger partial charge in [0, 0.05) is 50.2 Å². The summed E-state index contributed by atoms with van der Waals surface area (Å²) in [6, 6.07) is 26.1. The van der Waals surface area contributed by atoms with Gasteiger partial charge in [-0.05, 0) is 74.0 Å². The van der Waals surface area contributed by atoms with Crippen LogP contribution in [0.4, 0.5) is 17.6 Å². The van der Waals surface area contributed by atoms with Crippen LogP contribution in [-0.2, 0) is 30.8 Å². The van der Waals surface area contributed by atoms with Crippen molar-refractivity contribution >= 4 is 39.5 Å². The monoisotopic (exact) mass is 729 g/mol. The highest BCUT2D eigenvalue weighted by Crippen LogP contribution is 2.44. The average Bonchev–Trinajstić information content (AvgIpc) is 3.32. The number of nitrogens with zero attached hydrogens (tertiary/aromatic N) is 3. The van der Waals surface area contributed by atoms with Crippen molar-refractivity contribution in [3.63, 3.8) is 0 Å². The largest absolute Gasteiger partial charge is 0.487 e. The van der Waals surface area contributed by atoms with Crippen LogP contribution < -0.4 is 4.74 Å². The number of thioether (sulfide) groups is 1. The van der Waals surface area contributed by atoms with Gasteiger partial charge in [-0.3, -0.25) is 9.78 Å². The van der Waals surface area contributed by atoms with E-state index in [-0.39, 0.29) is 29.3 Å². The summed E-state index contributed by atoms with van der Waals surface area (Å²) in [4.78, 5) is 22.2. The minimum absolute atomic E-state index is 0.0454. The number of rotatable bonds is 11. The number of halogens is 4. The summed E-state index contributed by atoms with van der Waals surface area (Å²) >= 11 is 1.67. The molecular formula is C41H39F4N3O3S. The van der Waals surface area contributed by atoms with E-state index in [9.17, 15) is 27.5 Å². The number of pyridine rings is 2. The minimum atomic E-state index is -4.35. The number of hydrogen-bond acceptors (Lipinski definition) is 5. The van der Waals surface area contributed by atoms with Crippen LogP contribution >= 0.6 is 11.8 Å². The lowest BCUT2D eigenvalue weighted by atomic mass is 9.88. The first kappa shape index (κ1) is 36.9. The van der Waals surface area contributed by atoms with Gasteiger partial charge in [-0.15, -0.1) is 11.8 Å². The van der Waals surface area contributed by atoms with Crippen LogP contribution in [0.25, 0.3) is 33.1 Å². The molecule has 0 aliphatic heterocycles. The summed E-state index contributed by atoms with van der Waals surface area (Å²) < 4.78 is 60.9. The van der Waals surface area contributed by atoms with E-state index in [4.69, 9.17) is 4.74 Å². The van der Waals surface area contributed by atoms with Crippen LogP contribution in [-0.4, -0.2) is 36.5 Å². The Morgan fingerprint density at radius 3 is 2.29 bits per heavy atom. The van der Waals surface area contributed by atoms with E-state index in [2.05, 4.69) is 35.3 Å². The third kappa shape index (κ3) is 8.75. The lowest BCUT2D eigenvalue weighted by Crippen LogP contribution is -2.28. The third-order valence-electron chi connectivity index (χ3n) is 8.56. The lowest BCUT2D eigenvalue weighted by molar-refractivity contribution is -0.146. The van der Waals surface area contributed by atoms with Crippen LogP contribution in [0.2, 0.25) is 0 Å². The van der Waals surface area contributed by atoms with Crippen molar-refractivity contribution in [2.45, 2.75) is 76.4 Å². The molecule has 0 bridgehead atoms. The zero-order chi connectivity index (χ0) is 37.4. The molecule has 0 aliphatic carbocycles. The second kappa shape index (κ2) is 14.3. The topological polar surface area (TPSA) is 77.2 Å². The Balaban J connectivity index is 1.37. The number of aromatic nitrogens is 3. The summed E-state index contributed by atoms with van der Waals surface area (Å²) in [6.07, 6.45) is -5.18. The molecule has 1 N–H and O–H groups in total. The smallest absolute Gasteiger partial charge is 0.394 e. The minimum Gasteiger partial charge on any atom is -0.487 e. The fourth-order valence-corrected chi connectivity index (χ4v) is 7.19. The predicted octanol–water partition coefficient (Wildman–Crippen LogP) is 10.7. The Hall–Kier alpha value is -4.90. The molecule has 270 valence electrons. The molecule has 6 rings (SSSR count). The molecule has 0 atom stereocenters. The van der Waals surface area contributed by atoms with Gasteiger partial charge in [0.2, 0.25) is 0 Å². The van der Waals surface area contributed by atoms with E-state index in [1.165, 1.54) is 18.2 Å². The molecule has 3 heterocycles. The number of fused-ring (bicyclic) bond motifs is 2. The van der Waals surface area contributed by atoms with Crippen LogP contribution in [0.5, 0.6) is 5.75 Å². The molecule has 0 radical (unpaired) electrons. The van der Waals surface area contributed by atoms with Crippen LogP contribution in [0.1, 0.15) is 57.3 Å². The van der Waals surface area contributed by atoms with Crippen molar-refractivity contribution in [1.29, 1.82) is 0 Å². The predicted molar refractivity (Wildman–Crippen MR) is 197 cm³/mol. The van der Waals surface area contributed by atoms with Crippen molar-refractivity contribution < 1.29 is 32.2 Å². The van der Waals surface area contributed by atoms with E-state index in [0.29, 0.717) is 40.1 Å². The molecule has 3 aromatic heterocycles. The fraction of sp³-hybridized carbons (Fsp3) is 0.293. The number of carbonyl (C=O) groups is 1. The molecule has 52 heavy (non-hydrogen) atoms. The number of benzene rings is 3. The van der Waals surface area contributed by atoms with E-state index < -0.39 is 24.0 Å². The fourth-order valence-electron chi connectivity index (χ4n) is 6.00. The van der Waals surface area contributed by atoms with E-state index in [1.807, 2.05) is 54.6 Å². The van der Waals surface area contributed by atoms with E-state index in [1.54, 1.807) is 43.8 Å². The molecule has 6 aromatic rings. The van der Waals surface area contributed by atoms with Crippen molar-refractivity contribution in [3.8, 4) is 17.0 Å². The normalized spacial score (nSPS) is 12.5. The Kier molecular flexibility index (Phi) is 10.1. The first-order valence-electron chi connectivity index (χ1n) is 16.8. The Morgan fingerprint density at radius 2 is 1.60 bits per heavy atom. The average molecular weight is 730 g/mol. The molecule has 0 saturated carbocycles. The third-order valence-corrected chi connectivity index (χ3v) is 9.83. The van der Waals surface area contributed by atoms with Crippen LogP contribution in [0, 0.1) is 11.2 Å². The zero-order valence-electron chi connectivity index (χ0n) is 29.5. The maximum Gasteiger partial charge on any atom is 0.394 e. The maximum atomic E-state index is 13.7. The zero-order valence-corrected chi connectivity index (χ0v) is 30.3. The number of alkyl halides is 3. The standard InChI is InChI=1S/C41H39F4N3O3S/c1-39(2,3)52-37-32-20-31(51-24-30-15-13-27-19-28(42)14-17-34(27)47-30)16-18-35(32)48(36(37)22-40(4,5)38(49)50)23-25-9-11-26(12-10-25)33-8-6-7-29(46-33)21-41(43,44)45/h6-20H,21-24H2,1-5H3,(H,49,50). The molecule has 0 unspecified atom stereocenters. The molecule has 0 saturated heterocycles. The summed E-state index contributed by atoms with van der Waals surface area (Å²) in [5.41, 5.74) is 4.11. The first-order valence-corrected chi connectivity index (χ1v) is 17.6. The maximum absolute atomic E-state index is 13.7. The van der Waals surface area contributed by atoms with Gasteiger partial charge in [0.1, 0.15) is 18.2 Å². The van der Waals surface area contributed by atoms with E-state index >= 15 is 0 Å². The Morgan fingerprint density at radius 1 is 0.846 bits per heavy atom. The summed E-state index contributed by atoms with van der Waals surface area (Å²) in [5, 5.41) is 11.8. The van der Waals surface area contributed by atoms with Gasteiger partial charge in [-0.2, -0.15) is 13.2 Å². The molecule has 6 nitrogen and oxygen atoms in total. The van der Waals surface area contributed by atoms with Crippen LogP contribution in [0.15, 0.2) is 95.9 Å². The van der Waals surface area contributed by atoms with Crippen molar-refractivity contribution in [2.75, 3.05) is 0 Å². The van der Waals surface area contributed by atoms with E-state index in [0.717, 1.165) is 27.1 Å². The van der Waals surface area contributed by atoms with Gasteiger partial charge in [0.25, 0.3) is 0 Å². The summed E-state index contributed by atoms with van der Waals surface area (Å²) in [5.74, 6) is -0.609. The lowest BCUT2D eigenvalue weighted by Gasteiger charge is -2.24. The highest BCUT2D eigenvalue weighted by atomic mass is 32.2. The van der Waals surface area contributed by atoms with Gasteiger partial charge in [0.05, 0.1) is 34.4 Å². The van der Waals surface area contributed by atoms with Crippen molar-refractivity contribution in [2.24, 2.45) is 5.41 Å². The molecule has 0 aliphatic rings. The van der Waals surface area contributed by atoms with Crippen molar-refractivity contribution in [1.82, 2.24) is 14.5 Å². The second-order valence-corrected chi connectivity index (χ2v) is 16.4. The quantitative estimate of drug-likeness (QED) is 0.106. The first-order chi connectivity index (χ1) is 24.4. The number of carboxylic acids is 1. The number of hydrogen-bond donors (Lipinski definition) is 1. The number of ether oxygens (including phenoxy) is 1. The Bertz CT molecular complexity index is 2260. The van der Waals surface area contributed by atoms with Crippen LogP contribution in [0.3, 0.4) is 0 Å². The molecule has 0 spiro atoms. The molecule has 0 fully saturated rings. The summed E-state index contributed by atoms with van der Waals surface area (Å²) in [6.45, 7) is 10.4.